The summed E-state index contributed by atoms with van der Waals surface area (Å²) in [5.74, 6) is 1.57. The Morgan fingerprint density at radius 1 is 1.19 bits per heavy atom. The van der Waals surface area contributed by atoms with Gasteiger partial charge in [-0.25, -0.2) is 4.79 Å². The van der Waals surface area contributed by atoms with Crippen molar-refractivity contribution in [3.63, 3.8) is 0 Å². The average Bonchev–Trinajstić information content (AvgIpc) is 2.67. The predicted molar refractivity (Wildman–Crippen MR) is 101 cm³/mol. The third-order valence-corrected chi connectivity index (χ3v) is 4.72. The predicted octanol–water partition coefficient (Wildman–Crippen LogP) is 4.11. The molecule has 134 valence electrons. The average molecular weight is 351 g/mol. The van der Waals surface area contributed by atoms with Crippen molar-refractivity contribution in [2.45, 2.75) is 26.3 Å². The quantitative estimate of drug-likeness (QED) is 0.662. The van der Waals surface area contributed by atoms with E-state index in [4.69, 9.17) is 13.9 Å². The van der Waals surface area contributed by atoms with E-state index in [1.54, 1.807) is 13.2 Å². The zero-order valence-electron chi connectivity index (χ0n) is 15.0. The molecule has 5 nitrogen and oxygen atoms in total. The van der Waals surface area contributed by atoms with Crippen LogP contribution in [0.15, 0.2) is 51.7 Å². The van der Waals surface area contributed by atoms with Gasteiger partial charge in [-0.3, -0.25) is 0 Å². The maximum absolute atomic E-state index is 12.1. The van der Waals surface area contributed by atoms with Crippen molar-refractivity contribution >= 4 is 16.7 Å². The number of methoxy groups -OCH3 is 1. The summed E-state index contributed by atoms with van der Waals surface area (Å²) in [6, 6.07) is 13.4. The highest BCUT2D eigenvalue weighted by molar-refractivity contribution is 5.85. The Bertz CT molecular complexity index is 1010. The van der Waals surface area contributed by atoms with Gasteiger partial charge in [-0.2, -0.15) is 0 Å². The molecule has 1 aliphatic rings. The second-order valence-corrected chi connectivity index (χ2v) is 6.43. The Hall–Kier alpha value is -2.95. The molecule has 0 saturated heterocycles. The molecule has 0 atom stereocenters. The largest absolute Gasteiger partial charge is 0.497 e. The van der Waals surface area contributed by atoms with Crippen molar-refractivity contribution in [3.05, 3.63) is 64.0 Å². The summed E-state index contributed by atoms with van der Waals surface area (Å²) >= 11 is 0. The SMILES string of the molecule is CCCc1cc(=O)oc2c3c(ccc12)OCN(c1cccc(OC)c1)C3. The van der Waals surface area contributed by atoms with Gasteiger partial charge in [-0.05, 0) is 36.2 Å². The van der Waals surface area contributed by atoms with Crippen LogP contribution < -0.4 is 20.0 Å². The molecule has 1 aromatic heterocycles. The number of aryl methyl sites for hydroxylation is 1. The highest BCUT2D eigenvalue weighted by Gasteiger charge is 2.23. The fraction of sp³-hybridized carbons (Fsp3) is 0.286. The maximum atomic E-state index is 12.1. The van der Waals surface area contributed by atoms with Gasteiger partial charge in [0.25, 0.3) is 0 Å². The fourth-order valence-corrected chi connectivity index (χ4v) is 3.45. The smallest absolute Gasteiger partial charge is 0.336 e. The van der Waals surface area contributed by atoms with E-state index in [0.717, 1.165) is 46.5 Å². The lowest BCUT2D eigenvalue weighted by atomic mass is 10.0. The van der Waals surface area contributed by atoms with E-state index in [0.29, 0.717) is 18.9 Å². The monoisotopic (exact) mass is 351 g/mol. The standard InChI is InChI=1S/C21H21NO4/c1-3-5-14-10-20(23)26-21-17(14)8-9-19-18(21)12-22(13-25-19)15-6-4-7-16(11-15)24-2/h4,6-11H,3,5,12-13H2,1-2H3. The second-order valence-electron chi connectivity index (χ2n) is 6.43. The molecule has 26 heavy (non-hydrogen) atoms. The van der Waals surface area contributed by atoms with Crippen LogP contribution in [0.1, 0.15) is 24.5 Å². The first kappa shape index (κ1) is 16.5. The molecule has 2 heterocycles. The van der Waals surface area contributed by atoms with Crippen LogP contribution in [-0.2, 0) is 13.0 Å². The van der Waals surface area contributed by atoms with Crippen molar-refractivity contribution in [1.29, 1.82) is 0 Å². The highest BCUT2D eigenvalue weighted by atomic mass is 16.5. The van der Waals surface area contributed by atoms with Crippen molar-refractivity contribution in [2.24, 2.45) is 0 Å². The van der Waals surface area contributed by atoms with Gasteiger partial charge < -0.3 is 18.8 Å². The van der Waals surface area contributed by atoms with Gasteiger partial charge in [-0.1, -0.05) is 19.4 Å². The molecule has 5 heteroatoms. The number of hydrogen-bond acceptors (Lipinski definition) is 5. The van der Waals surface area contributed by atoms with Crippen molar-refractivity contribution < 1.29 is 13.9 Å². The van der Waals surface area contributed by atoms with Crippen LogP contribution in [0.3, 0.4) is 0 Å². The lowest BCUT2D eigenvalue weighted by Crippen LogP contribution is -2.32. The maximum Gasteiger partial charge on any atom is 0.336 e. The molecule has 1 aliphatic heterocycles. The summed E-state index contributed by atoms with van der Waals surface area (Å²) in [4.78, 5) is 14.2. The number of benzene rings is 2. The van der Waals surface area contributed by atoms with Crippen LogP contribution in [0, 0.1) is 0 Å². The summed E-state index contributed by atoms with van der Waals surface area (Å²) in [7, 11) is 1.65. The van der Waals surface area contributed by atoms with Crippen molar-refractivity contribution in [1.82, 2.24) is 0 Å². The van der Waals surface area contributed by atoms with Gasteiger partial charge in [0.1, 0.15) is 17.1 Å². The zero-order valence-corrected chi connectivity index (χ0v) is 15.0. The molecular weight excluding hydrogens is 330 g/mol. The van der Waals surface area contributed by atoms with Crippen LogP contribution in [-0.4, -0.2) is 13.8 Å². The first-order chi connectivity index (χ1) is 12.7. The minimum absolute atomic E-state index is 0.312. The Kier molecular flexibility index (Phi) is 4.29. The van der Waals surface area contributed by atoms with Gasteiger partial charge in [0.15, 0.2) is 6.73 Å². The van der Waals surface area contributed by atoms with Crippen LogP contribution >= 0.6 is 0 Å². The number of anilines is 1. The second kappa shape index (κ2) is 6.75. The first-order valence-corrected chi connectivity index (χ1v) is 8.80. The lowest BCUT2D eigenvalue weighted by Gasteiger charge is -2.31. The number of nitrogens with zero attached hydrogens (tertiary/aromatic N) is 1. The number of rotatable bonds is 4. The van der Waals surface area contributed by atoms with Crippen LogP contribution in [0.4, 0.5) is 5.69 Å². The Morgan fingerprint density at radius 3 is 2.88 bits per heavy atom. The summed E-state index contributed by atoms with van der Waals surface area (Å²) in [5, 5.41) is 0.987. The van der Waals surface area contributed by atoms with E-state index in [1.807, 2.05) is 36.4 Å². The molecule has 4 rings (SSSR count). The van der Waals surface area contributed by atoms with E-state index in [1.165, 1.54) is 0 Å². The van der Waals surface area contributed by atoms with Gasteiger partial charge in [-0.15, -0.1) is 0 Å². The van der Waals surface area contributed by atoms with E-state index >= 15 is 0 Å². The minimum atomic E-state index is -0.312. The molecule has 0 bridgehead atoms. The highest BCUT2D eigenvalue weighted by Crippen LogP contribution is 2.35. The molecule has 0 N–H and O–H groups in total. The Balaban J connectivity index is 1.80. The van der Waals surface area contributed by atoms with Crippen LogP contribution in [0.5, 0.6) is 11.5 Å². The topological polar surface area (TPSA) is 51.9 Å². The summed E-state index contributed by atoms with van der Waals surface area (Å²) in [6.45, 7) is 3.15. The van der Waals surface area contributed by atoms with Gasteiger partial charge in [0.2, 0.25) is 0 Å². The van der Waals surface area contributed by atoms with Gasteiger partial charge in [0, 0.05) is 23.2 Å². The molecule has 0 spiro atoms. The number of hydrogen-bond donors (Lipinski definition) is 0. The zero-order chi connectivity index (χ0) is 18.1. The van der Waals surface area contributed by atoms with Crippen molar-refractivity contribution in [2.75, 3.05) is 18.7 Å². The van der Waals surface area contributed by atoms with E-state index < -0.39 is 0 Å². The van der Waals surface area contributed by atoms with E-state index in [9.17, 15) is 4.79 Å². The third-order valence-electron chi connectivity index (χ3n) is 4.72. The Labute approximate surface area is 151 Å². The van der Waals surface area contributed by atoms with Gasteiger partial charge >= 0.3 is 5.63 Å². The lowest BCUT2D eigenvalue weighted by molar-refractivity contribution is 0.289. The first-order valence-electron chi connectivity index (χ1n) is 8.80. The molecular formula is C21H21NO4. The number of ether oxygens (including phenoxy) is 2. The molecule has 2 aromatic carbocycles. The van der Waals surface area contributed by atoms with Crippen LogP contribution in [0.2, 0.25) is 0 Å². The molecule has 3 aromatic rings. The molecule has 0 saturated carbocycles. The number of fused-ring (bicyclic) bond motifs is 3. The summed E-state index contributed by atoms with van der Waals surface area (Å²) in [6.07, 6.45) is 1.82. The van der Waals surface area contributed by atoms with Crippen LogP contribution in [0.25, 0.3) is 11.0 Å². The normalized spacial score (nSPS) is 13.4. The van der Waals surface area contributed by atoms with E-state index in [2.05, 4.69) is 11.8 Å². The molecule has 0 unspecified atom stereocenters. The summed E-state index contributed by atoms with van der Waals surface area (Å²) < 4.78 is 16.8. The molecule has 0 aliphatic carbocycles. The molecule has 0 fully saturated rings. The van der Waals surface area contributed by atoms with E-state index in [-0.39, 0.29) is 5.63 Å². The third kappa shape index (κ3) is 2.90. The molecule has 0 radical (unpaired) electrons. The fourth-order valence-electron chi connectivity index (χ4n) is 3.45. The van der Waals surface area contributed by atoms with Gasteiger partial charge in [0.05, 0.1) is 19.2 Å². The minimum Gasteiger partial charge on any atom is -0.497 e. The molecule has 0 amide bonds. The summed E-state index contributed by atoms with van der Waals surface area (Å²) in [5.41, 5.74) is 3.25. The Morgan fingerprint density at radius 2 is 2.08 bits per heavy atom. The van der Waals surface area contributed by atoms with Crippen molar-refractivity contribution in [3.8, 4) is 11.5 Å².